The van der Waals surface area contributed by atoms with Gasteiger partial charge >= 0.3 is 0 Å². The van der Waals surface area contributed by atoms with Gasteiger partial charge in [0.2, 0.25) is 5.91 Å². The molecule has 0 spiro atoms. The molecule has 1 aliphatic heterocycles. The molecule has 1 N–H and O–H groups in total. The summed E-state index contributed by atoms with van der Waals surface area (Å²) in [5, 5.41) is 4.32. The summed E-state index contributed by atoms with van der Waals surface area (Å²) in [5.41, 5.74) is 2.22. The summed E-state index contributed by atoms with van der Waals surface area (Å²) in [4.78, 5) is 19.2. The third-order valence-corrected chi connectivity index (χ3v) is 5.02. The Kier molecular flexibility index (Phi) is 3.90. The number of para-hydroxylation sites is 1. The maximum absolute atomic E-state index is 12.4. The molecule has 4 heteroatoms. The van der Waals surface area contributed by atoms with Gasteiger partial charge in [0, 0.05) is 36.9 Å². The Morgan fingerprint density at radius 3 is 2.96 bits per heavy atom. The van der Waals surface area contributed by atoms with Gasteiger partial charge in [-0.25, -0.2) is 0 Å². The SMILES string of the molecule is O=C(NCC1CC1)[C@H]1CCCN(c2ccnc3ccccc23)C1. The Labute approximate surface area is 136 Å². The van der Waals surface area contributed by atoms with Gasteiger partial charge in [-0.15, -0.1) is 0 Å². The molecule has 0 unspecified atom stereocenters. The number of hydrogen-bond donors (Lipinski definition) is 1. The zero-order valence-corrected chi connectivity index (χ0v) is 13.4. The van der Waals surface area contributed by atoms with Crippen LogP contribution in [0.25, 0.3) is 10.9 Å². The molecule has 0 radical (unpaired) electrons. The number of fused-ring (bicyclic) bond motifs is 1. The molecule has 2 heterocycles. The van der Waals surface area contributed by atoms with Crippen molar-refractivity contribution in [1.82, 2.24) is 10.3 Å². The standard InChI is InChI=1S/C19H23N3O/c23-19(21-12-14-7-8-14)15-4-3-11-22(13-15)18-9-10-20-17-6-2-1-5-16(17)18/h1-2,5-6,9-10,14-15H,3-4,7-8,11-13H2,(H,21,23)/t15-/m0/s1. The fourth-order valence-corrected chi connectivity index (χ4v) is 3.48. The number of piperidine rings is 1. The lowest BCUT2D eigenvalue weighted by molar-refractivity contribution is -0.125. The maximum atomic E-state index is 12.4. The first kappa shape index (κ1) is 14.5. The van der Waals surface area contributed by atoms with E-state index in [4.69, 9.17) is 0 Å². The number of nitrogens with one attached hydrogen (secondary N) is 1. The van der Waals surface area contributed by atoms with E-state index in [1.807, 2.05) is 18.3 Å². The fraction of sp³-hybridized carbons (Fsp3) is 0.474. The van der Waals surface area contributed by atoms with Crippen molar-refractivity contribution in [3.05, 3.63) is 36.5 Å². The highest BCUT2D eigenvalue weighted by molar-refractivity contribution is 5.91. The van der Waals surface area contributed by atoms with Gasteiger partial charge in [-0.3, -0.25) is 9.78 Å². The topological polar surface area (TPSA) is 45.2 Å². The van der Waals surface area contributed by atoms with Crippen LogP contribution in [0.4, 0.5) is 5.69 Å². The number of anilines is 1. The van der Waals surface area contributed by atoms with Crippen LogP contribution in [0.5, 0.6) is 0 Å². The van der Waals surface area contributed by atoms with Crippen LogP contribution in [-0.4, -0.2) is 30.5 Å². The highest BCUT2D eigenvalue weighted by Gasteiger charge is 2.28. The van der Waals surface area contributed by atoms with Crippen molar-refractivity contribution in [2.75, 3.05) is 24.5 Å². The number of aromatic nitrogens is 1. The summed E-state index contributed by atoms with van der Waals surface area (Å²) in [6.07, 6.45) is 6.49. The number of benzene rings is 1. The van der Waals surface area contributed by atoms with Crippen molar-refractivity contribution in [2.45, 2.75) is 25.7 Å². The maximum Gasteiger partial charge on any atom is 0.224 e. The second kappa shape index (κ2) is 6.19. The third kappa shape index (κ3) is 3.16. The Bertz CT molecular complexity index is 705. The minimum atomic E-state index is 0.106. The first-order chi connectivity index (χ1) is 11.3. The number of amides is 1. The summed E-state index contributed by atoms with van der Waals surface area (Å²) in [7, 11) is 0. The molecule has 4 nitrogen and oxygen atoms in total. The van der Waals surface area contributed by atoms with Crippen LogP contribution in [0.3, 0.4) is 0 Å². The molecule has 1 amide bonds. The van der Waals surface area contributed by atoms with Gasteiger partial charge in [0.25, 0.3) is 0 Å². The Morgan fingerprint density at radius 2 is 2.09 bits per heavy atom. The van der Waals surface area contributed by atoms with Crippen LogP contribution in [-0.2, 0) is 4.79 Å². The summed E-state index contributed by atoms with van der Waals surface area (Å²) in [6.45, 7) is 2.69. The number of rotatable bonds is 4. The van der Waals surface area contributed by atoms with Gasteiger partial charge in [0.15, 0.2) is 0 Å². The van der Waals surface area contributed by atoms with Crippen molar-refractivity contribution in [3.8, 4) is 0 Å². The van der Waals surface area contributed by atoms with E-state index in [1.54, 1.807) is 0 Å². The molecule has 120 valence electrons. The second-order valence-corrected chi connectivity index (χ2v) is 6.82. The van der Waals surface area contributed by atoms with E-state index in [9.17, 15) is 4.79 Å². The monoisotopic (exact) mass is 309 g/mol. The molecule has 0 bridgehead atoms. The molecule has 2 fully saturated rings. The van der Waals surface area contributed by atoms with Crippen molar-refractivity contribution >= 4 is 22.5 Å². The smallest absolute Gasteiger partial charge is 0.224 e. The predicted octanol–water partition coefficient (Wildman–Crippen LogP) is 2.98. The lowest BCUT2D eigenvalue weighted by Crippen LogP contribution is -2.43. The summed E-state index contributed by atoms with van der Waals surface area (Å²) >= 11 is 0. The van der Waals surface area contributed by atoms with Crippen molar-refractivity contribution in [1.29, 1.82) is 0 Å². The van der Waals surface area contributed by atoms with Gasteiger partial charge in [0.05, 0.1) is 11.4 Å². The molecule has 1 aliphatic carbocycles. The molecule has 1 saturated carbocycles. The lowest BCUT2D eigenvalue weighted by atomic mass is 9.96. The number of carbonyl (C=O) groups excluding carboxylic acids is 1. The average molecular weight is 309 g/mol. The van der Waals surface area contributed by atoms with E-state index >= 15 is 0 Å². The van der Waals surface area contributed by atoms with E-state index in [0.29, 0.717) is 0 Å². The largest absolute Gasteiger partial charge is 0.370 e. The molecule has 1 atom stereocenters. The lowest BCUT2D eigenvalue weighted by Gasteiger charge is -2.34. The highest BCUT2D eigenvalue weighted by Crippen LogP contribution is 2.30. The Hall–Kier alpha value is -2.10. The summed E-state index contributed by atoms with van der Waals surface area (Å²) < 4.78 is 0. The van der Waals surface area contributed by atoms with Gasteiger partial charge in [-0.2, -0.15) is 0 Å². The van der Waals surface area contributed by atoms with Crippen LogP contribution in [0.2, 0.25) is 0 Å². The molecular weight excluding hydrogens is 286 g/mol. The number of hydrogen-bond acceptors (Lipinski definition) is 3. The van der Waals surface area contributed by atoms with E-state index in [0.717, 1.165) is 43.9 Å². The van der Waals surface area contributed by atoms with Crippen molar-refractivity contribution in [3.63, 3.8) is 0 Å². The van der Waals surface area contributed by atoms with Gasteiger partial charge in [-0.1, -0.05) is 18.2 Å². The van der Waals surface area contributed by atoms with E-state index in [-0.39, 0.29) is 11.8 Å². The van der Waals surface area contributed by atoms with Crippen molar-refractivity contribution < 1.29 is 4.79 Å². The zero-order valence-electron chi connectivity index (χ0n) is 13.4. The van der Waals surface area contributed by atoms with Gasteiger partial charge < -0.3 is 10.2 Å². The first-order valence-corrected chi connectivity index (χ1v) is 8.67. The molecular formula is C19H23N3O. The molecule has 2 aliphatic rings. The quantitative estimate of drug-likeness (QED) is 0.944. The number of carbonyl (C=O) groups is 1. The Balaban J connectivity index is 1.50. The fourth-order valence-electron chi connectivity index (χ4n) is 3.48. The Morgan fingerprint density at radius 1 is 1.22 bits per heavy atom. The zero-order chi connectivity index (χ0) is 15.6. The van der Waals surface area contributed by atoms with E-state index < -0.39 is 0 Å². The number of nitrogens with zero attached hydrogens (tertiary/aromatic N) is 2. The first-order valence-electron chi connectivity index (χ1n) is 8.67. The molecule has 1 aromatic carbocycles. The van der Waals surface area contributed by atoms with Crippen LogP contribution >= 0.6 is 0 Å². The van der Waals surface area contributed by atoms with Crippen LogP contribution in [0, 0.1) is 11.8 Å². The summed E-state index contributed by atoms with van der Waals surface area (Å²) in [6, 6.07) is 10.3. The third-order valence-electron chi connectivity index (χ3n) is 5.02. The second-order valence-electron chi connectivity index (χ2n) is 6.82. The minimum Gasteiger partial charge on any atom is -0.370 e. The van der Waals surface area contributed by atoms with E-state index in [2.05, 4.69) is 33.4 Å². The predicted molar refractivity (Wildman–Crippen MR) is 92.4 cm³/mol. The average Bonchev–Trinajstić information content (AvgIpc) is 3.44. The van der Waals surface area contributed by atoms with Crippen LogP contribution in [0.1, 0.15) is 25.7 Å². The van der Waals surface area contributed by atoms with Crippen LogP contribution < -0.4 is 10.2 Å². The molecule has 1 aromatic heterocycles. The summed E-state index contributed by atoms with van der Waals surface area (Å²) in [5.74, 6) is 1.08. The molecule has 2 aromatic rings. The minimum absolute atomic E-state index is 0.106. The van der Waals surface area contributed by atoms with Gasteiger partial charge in [-0.05, 0) is 43.7 Å². The molecule has 4 rings (SSSR count). The number of pyridine rings is 1. The highest BCUT2D eigenvalue weighted by atomic mass is 16.1. The molecule has 1 saturated heterocycles. The molecule has 23 heavy (non-hydrogen) atoms. The van der Waals surface area contributed by atoms with Gasteiger partial charge in [0.1, 0.15) is 0 Å². The normalized spacial score (nSPS) is 21.4. The van der Waals surface area contributed by atoms with Crippen molar-refractivity contribution in [2.24, 2.45) is 11.8 Å². The van der Waals surface area contributed by atoms with Crippen LogP contribution in [0.15, 0.2) is 36.5 Å². The van der Waals surface area contributed by atoms with E-state index in [1.165, 1.54) is 23.9 Å².